The molecular formula is C10H12BrFO. The summed E-state index contributed by atoms with van der Waals surface area (Å²) in [7, 11) is 0. The molecule has 0 aliphatic rings. The fourth-order valence-corrected chi connectivity index (χ4v) is 1.70. The van der Waals surface area contributed by atoms with E-state index >= 15 is 0 Å². The topological polar surface area (TPSA) is 20.2 Å². The molecule has 0 aliphatic heterocycles. The smallest absolute Gasteiger partial charge is 0.130 e. The second-order valence-corrected chi connectivity index (χ2v) is 3.84. The predicted molar refractivity (Wildman–Crippen MR) is 54.2 cm³/mol. The average molecular weight is 247 g/mol. The number of halogens is 2. The second kappa shape index (κ2) is 4.72. The Labute approximate surface area is 85.7 Å². The molecule has 3 heteroatoms. The van der Waals surface area contributed by atoms with Gasteiger partial charge in [0.25, 0.3) is 0 Å². The maximum atomic E-state index is 13.5. The summed E-state index contributed by atoms with van der Waals surface area (Å²) in [5.41, 5.74) is 1.31. The maximum Gasteiger partial charge on any atom is 0.130 e. The zero-order valence-corrected chi connectivity index (χ0v) is 9.07. The maximum absolute atomic E-state index is 13.5. The lowest BCUT2D eigenvalue weighted by Crippen LogP contribution is -1.97. The van der Waals surface area contributed by atoms with Gasteiger partial charge in [-0.2, -0.15) is 0 Å². The van der Waals surface area contributed by atoms with Gasteiger partial charge in [0.2, 0.25) is 0 Å². The number of aliphatic hydroxyl groups excluding tert-OH is 1. The Morgan fingerprint density at radius 1 is 1.46 bits per heavy atom. The van der Waals surface area contributed by atoms with Gasteiger partial charge in [0.05, 0.1) is 0 Å². The predicted octanol–water partition coefficient (Wildman–Crippen LogP) is 2.82. The van der Waals surface area contributed by atoms with E-state index in [2.05, 4.69) is 15.9 Å². The highest BCUT2D eigenvalue weighted by molar-refractivity contribution is 9.10. The Balaban J connectivity index is 2.96. The van der Waals surface area contributed by atoms with Crippen LogP contribution >= 0.6 is 15.9 Å². The van der Waals surface area contributed by atoms with Gasteiger partial charge in [0.15, 0.2) is 0 Å². The standard InChI is InChI=1S/C10H12BrFO/c1-7-4-5-9(11)8(10(7)12)3-2-6-13/h4-5,13H,2-3,6H2,1H3. The van der Waals surface area contributed by atoms with Crippen LogP contribution in [0, 0.1) is 12.7 Å². The Bertz CT molecular complexity index is 299. The van der Waals surface area contributed by atoms with Crippen molar-refractivity contribution in [3.8, 4) is 0 Å². The van der Waals surface area contributed by atoms with Crippen LogP contribution < -0.4 is 0 Å². The fourth-order valence-electron chi connectivity index (χ4n) is 1.20. The molecule has 0 unspecified atom stereocenters. The third-order valence-corrected chi connectivity index (χ3v) is 2.71. The van der Waals surface area contributed by atoms with E-state index in [1.165, 1.54) is 0 Å². The average Bonchev–Trinajstić information content (AvgIpc) is 2.12. The normalized spacial score (nSPS) is 10.5. The van der Waals surface area contributed by atoms with Gasteiger partial charge < -0.3 is 5.11 Å². The molecule has 0 aliphatic carbocycles. The molecule has 1 N–H and O–H groups in total. The Hall–Kier alpha value is -0.410. The largest absolute Gasteiger partial charge is 0.396 e. The molecule has 1 nitrogen and oxygen atoms in total. The van der Waals surface area contributed by atoms with Crippen LogP contribution in [0.5, 0.6) is 0 Å². The van der Waals surface area contributed by atoms with Crippen molar-refractivity contribution in [2.24, 2.45) is 0 Å². The van der Waals surface area contributed by atoms with E-state index in [1.807, 2.05) is 6.07 Å². The summed E-state index contributed by atoms with van der Waals surface area (Å²) in [6.45, 7) is 1.84. The molecular weight excluding hydrogens is 235 g/mol. The number of hydrogen-bond acceptors (Lipinski definition) is 1. The van der Waals surface area contributed by atoms with Gasteiger partial charge in [-0.3, -0.25) is 0 Å². The minimum Gasteiger partial charge on any atom is -0.396 e. The monoisotopic (exact) mass is 246 g/mol. The molecule has 0 spiro atoms. The summed E-state index contributed by atoms with van der Waals surface area (Å²) in [4.78, 5) is 0. The highest BCUT2D eigenvalue weighted by atomic mass is 79.9. The zero-order chi connectivity index (χ0) is 9.84. The van der Waals surface area contributed by atoms with Crippen LogP contribution in [0.1, 0.15) is 17.5 Å². The van der Waals surface area contributed by atoms with Crippen LogP contribution in [0.2, 0.25) is 0 Å². The van der Waals surface area contributed by atoms with E-state index in [-0.39, 0.29) is 12.4 Å². The lowest BCUT2D eigenvalue weighted by atomic mass is 10.1. The van der Waals surface area contributed by atoms with Crippen molar-refractivity contribution in [2.45, 2.75) is 19.8 Å². The first-order valence-corrected chi connectivity index (χ1v) is 5.00. The van der Waals surface area contributed by atoms with Gasteiger partial charge in [-0.1, -0.05) is 22.0 Å². The highest BCUT2D eigenvalue weighted by Gasteiger charge is 2.08. The molecule has 13 heavy (non-hydrogen) atoms. The van der Waals surface area contributed by atoms with Crippen molar-refractivity contribution < 1.29 is 9.50 Å². The van der Waals surface area contributed by atoms with Crippen molar-refractivity contribution in [1.82, 2.24) is 0 Å². The fraction of sp³-hybridized carbons (Fsp3) is 0.400. The zero-order valence-electron chi connectivity index (χ0n) is 7.48. The first-order chi connectivity index (χ1) is 6.16. The van der Waals surface area contributed by atoms with Gasteiger partial charge in [0, 0.05) is 16.6 Å². The van der Waals surface area contributed by atoms with E-state index in [0.29, 0.717) is 24.0 Å². The summed E-state index contributed by atoms with van der Waals surface area (Å²) >= 11 is 3.29. The Morgan fingerprint density at radius 2 is 2.15 bits per heavy atom. The van der Waals surface area contributed by atoms with Crippen LogP contribution in [-0.4, -0.2) is 11.7 Å². The molecule has 1 aromatic rings. The van der Waals surface area contributed by atoms with Crippen molar-refractivity contribution in [1.29, 1.82) is 0 Å². The first-order valence-electron chi connectivity index (χ1n) is 4.21. The number of rotatable bonds is 3. The Kier molecular flexibility index (Phi) is 3.88. The lowest BCUT2D eigenvalue weighted by molar-refractivity contribution is 0.288. The summed E-state index contributed by atoms with van der Waals surface area (Å²) in [5, 5.41) is 8.64. The van der Waals surface area contributed by atoms with Crippen molar-refractivity contribution in [3.05, 3.63) is 33.5 Å². The second-order valence-electron chi connectivity index (χ2n) is 2.98. The molecule has 0 saturated heterocycles. The van der Waals surface area contributed by atoms with Crippen molar-refractivity contribution in [3.63, 3.8) is 0 Å². The van der Waals surface area contributed by atoms with Gasteiger partial charge in [0.1, 0.15) is 5.82 Å². The van der Waals surface area contributed by atoms with Gasteiger partial charge in [-0.15, -0.1) is 0 Å². The van der Waals surface area contributed by atoms with E-state index < -0.39 is 0 Å². The number of hydrogen-bond donors (Lipinski definition) is 1. The van der Waals surface area contributed by atoms with Gasteiger partial charge >= 0.3 is 0 Å². The molecule has 0 aromatic heterocycles. The highest BCUT2D eigenvalue weighted by Crippen LogP contribution is 2.23. The van der Waals surface area contributed by atoms with E-state index in [9.17, 15) is 4.39 Å². The minimum atomic E-state index is -0.164. The van der Waals surface area contributed by atoms with Crippen molar-refractivity contribution in [2.75, 3.05) is 6.61 Å². The molecule has 0 saturated carbocycles. The molecule has 0 atom stereocenters. The molecule has 1 rings (SSSR count). The van der Waals surface area contributed by atoms with Crippen molar-refractivity contribution >= 4 is 15.9 Å². The minimum absolute atomic E-state index is 0.0970. The Morgan fingerprint density at radius 3 is 2.77 bits per heavy atom. The van der Waals surface area contributed by atoms with E-state index in [1.54, 1.807) is 13.0 Å². The van der Waals surface area contributed by atoms with Gasteiger partial charge in [-0.25, -0.2) is 4.39 Å². The SMILES string of the molecule is Cc1ccc(Br)c(CCCO)c1F. The first kappa shape index (κ1) is 10.7. The molecule has 0 bridgehead atoms. The van der Waals surface area contributed by atoms with E-state index in [4.69, 9.17) is 5.11 Å². The number of aryl methyl sites for hydroxylation is 1. The molecule has 72 valence electrons. The molecule has 1 aromatic carbocycles. The third-order valence-electron chi connectivity index (χ3n) is 1.96. The molecule has 0 radical (unpaired) electrons. The summed E-state index contributed by atoms with van der Waals surface area (Å²) in [5.74, 6) is -0.164. The lowest BCUT2D eigenvalue weighted by Gasteiger charge is -2.07. The summed E-state index contributed by atoms with van der Waals surface area (Å²) in [6.07, 6.45) is 1.17. The quantitative estimate of drug-likeness (QED) is 0.870. The summed E-state index contributed by atoms with van der Waals surface area (Å²) in [6, 6.07) is 3.58. The number of aliphatic hydroxyl groups is 1. The van der Waals surface area contributed by atoms with Crippen LogP contribution in [0.25, 0.3) is 0 Å². The van der Waals surface area contributed by atoms with Gasteiger partial charge in [-0.05, 0) is 31.4 Å². The van der Waals surface area contributed by atoms with Crippen LogP contribution in [0.15, 0.2) is 16.6 Å². The number of benzene rings is 1. The molecule has 0 heterocycles. The third kappa shape index (κ3) is 2.51. The molecule has 0 fully saturated rings. The van der Waals surface area contributed by atoms with E-state index in [0.717, 1.165) is 4.47 Å². The summed E-state index contributed by atoms with van der Waals surface area (Å²) < 4.78 is 14.3. The van der Waals surface area contributed by atoms with Crippen LogP contribution in [-0.2, 0) is 6.42 Å². The molecule has 0 amide bonds. The van der Waals surface area contributed by atoms with Crippen LogP contribution in [0.4, 0.5) is 4.39 Å². The van der Waals surface area contributed by atoms with Crippen LogP contribution in [0.3, 0.4) is 0 Å².